The molecule has 0 saturated carbocycles. The van der Waals surface area contributed by atoms with Crippen molar-refractivity contribution < 1.29 is 18.9 Å². The van der Waals surface area contributed by atoms with Gasteiger partial charge in [0.2, 0.25) is 0 Å². The Morgan fingerprint density at radius 2 is 1.48 bits per heavy atom. The monoisotopic (exact) mass is 419 g/mol. The lowest BCUT2D eigenvalue weighted by atomic mass is 9.88. The van der Waals surface area contributed by atoms with Gasteiger partial charge in [0.1, 0.15) is 18.1 Å². The fourth-order valence-electron chi connectivity index (χ4n) is 4.20. The number of hydrogen-bond acceptors (Lipinski definition) is 5. The lowest BCUT2D eigenvalue weighted by Crippen LogP contribution is -2.32. The molecule has 0 saturated heterocycles. The van der Waals surface area contributed by atoms with Crippen LogP contribution in [0.15, 0.2) is 60.7 Å². The van der Waals surface area contributed by atoms with Gasteiger partial charge < -0.3 is 24.3 Å². The van der Waals surface area contributed by atoms with Crippen molar-refractivity contribution in [2.75, 3.05) is 27.9 Å². The summed E-state index contributed by atoms with van der Waals surface area (Å²) in [6.07, 6.45) is 1.71. The molecule has 0 aliphatic carbocycles. The third kappa shape index (κ3) is 4.62. The summed E-state index contributed by atoms with van der Waals surface area (Å²) in [6.45, 7) is 1.44. The summed E-state index contributed by atoms with van der Waals surface area (Å²) in [5.41, 5.74) is 4.72. The van der Waals surface area contributed by atoms with E-state index >= 15 is 0 Å². The summed E-state index contributed by atoms with van der Waals surface area (Å²) in [4.78, 5) is 0. The molecule has 0 bridgehead atoms. The first-order valence-corrected chi connectivity index (χ1v) is 10.5. The summed E-state index contributed by atoms with van der Waals surface area (Å²) in [6, 6.07) is 20.5. The second-order valence-electron chi connectivity index (χ2n) is 7.58. The molecule has 0 aromatic heterocycles. The highest BCUT2D eigenvalue weighted by Crippen LogP contribution is 2.40. The molecule has 0 radical (unpaired) electrons. The molecule has 1 aliphatic rings. The molecule has 0 fully saturated rings. The maximum Gasteiger partial charge on any atom is 0.160 e. The van der Waals surface area contributed by atoms with Crippen molar-refractivity contribution in [2.45, 2.75) is 25.5 Å². The highest BCUT2D eigenvalue weighted by Gasteiger charge is 2.27. The predicted molar refractivity (Wildman–Crippen MR) is 121 cm³/mol. The van der Waals surface area contributed by atoms with Crippen molar-refractivity contribution in [3.8, 4) is 23.0 Å². The first-order chi connectivity index (χ1) is 15.2. The zero-order valence-corrected chi connectivity index (χ0v) is 18.3. The lowest BCUT2D eigenvalue weighted by Gasteiger charge is -2.30. The van der Waals surface area contributed by atoms with E-state index in [9.17, 15) is 0 Å². The Balaban J connectivity index is 1.62. The Hall–Kier alpha value is -3.18. The zero-order valence-electron chi connectivity index (χ0n) is 18.3. The zero-order chi connectivity index (χ0) is 21.6. The van der Waals surface area contributed by atoms with Gasteiger partial charge in [-0.2, -0.15) is 0 Å². The van der Waals surface area contributed by atoms with E-state index in [1.165, 1.54) is 16.7 Å². The quantitative estimate of drug-likeness (QED) is 0.573. The number of hydrogen-bond donors (Lipinski definition) is 1. The third-order valence-electron chi connectivity index (χ3n) is 5.73. The molecule has 4 rings (SSSR count). The van der Waals surface area contributed by atoms with Crippen LogP contribution < -0.4 is 24.3 Å². The topological polar surface area (TPSA) is 49.0 Å². The molecule has 0 spiro atoms. The van der Waals surface area contributed by atoms with Gasteiger partial charge in [0.25, 0.3) is 0 Å². The predicted octanol–water partition coefficient (Wildman–Crippen LogP) is 4.72. The number of fused-ring (bicyclic) bond motifs is 1. The summed E-state index contributed by atoms with van der Waals surface area (Å²) in [5, 5.41) is 3.66. The smallest absolute Gasteiger partial charge is 0.160 e. The van der Waals surface area contributed by atoms with Crippen molar-refractivity contribution in [1.29, 1.82) is 0 Å². The Labute approximate surface area is 183 Å². The molecule has 162 valence electrons. The average molecular weight is 420 g/mol. The Bertz CT molecular complexity index is 1020. The van der Waals surface area contributed by atoms with Crippen molar-refractivity contribution >= 4 is 0 Å². The summed E-state index contributed by atoms with van der Waals surface area (Å²) >= 11 is 0. The van der Waals surface area contributed by atoms with Gasteiger partial charge in [-0.05, 0) is 54.8 Å². The minimum absolute atomic E-state index is 0.122. The van der Waals surface area contributed by atoms with Gasteiger partial charge in [0, 0.05) is 17.2 Å². The molecule has 1 atom stereocenters. The normalized spacial score (nSPS) is 15.1. The van der Waals surface area contributed by atoms with E-state index in [4.69, 9.17) is 18.9 Å². The molecule has 3 aromatic carbocycles. The van der Waals surface area contributed by atoms with Crippen LogP contribution in [0.25, 0.3) is 0 Å². The van der Waals surface area contributed by atoms with Crippen molar-refractivity contribution in [2.24, 2.45) is 0 Å². The van der Waals surface area contributed by atoms with Gasteiger partial charge in [-0.25, -0.2) is 0 Å². The number of rotatable bonds is 8. The Kier molecular flexibility index (Phi) is 6.63. The van der Waals surface area contributed by atoms with Gasteiger partial charge in [-0.1, -0.05) is 36.4 Å². The lowest BCUT2D eigenvalue weighted by molar-refractivity contribution is 0.298. The van der Waals surface area contributed by atoms with E-state index in [1.54, 1.807) is 21.3 Å². The fourth-order valence-corrected chi connectivity index (χ4v) is 4.20. The van der Waals surface area contributed by atoms with Crippen LogP contribution in [0.4, 0.5) is 0 Å². The van der Waals surface area contributed by atoms with Crippen LogP contribution in [0, 0.1) is 0 Å². The molecular formula is C26H29NO4. The number of nitrogens with one attached hydrogen (secondary N) is 1. The minimum atomic E-state index is 0.122. The maximum atomic E-state index is 6.24. The van der Waals surface area contributed by atoms with E-state index in [-0.39, 0.29) is 6.04 Å². The minimum Gasteiger partial charge on any atom is -0.496 e. The number of benzene rings is 3. The molecule has 1 heterocycles. The molecule has 1 aliphatic heterocycles. The fraction of sp³-hybridized carbons (Fsp3) is 0.308. The van der Waals surface area contributed by atoms with Gasteiger partial charge >= 0.3 is 0 Å². The summed E-state index contributed by atoms with van der Waals surface area (Å²) < 4.78 is 22.8. The standard InChI is InChI=1S/C26H29NO4/c1-28-23-10-9-19(16-25(23)30-3)15-21-26-20(13-14-27-21)22(11-12-24(26)29-2)31-17-18-7-5-4-6-8-18/h4-12,16,21,27H,13-15,17H2,1-3H3. The SMILES string of the molecule is COc1ccc(CC2NCCc3c(OCc4ccccc4)ccc(OC)c32)cc1OC. The number of ether oxygens (including phenoxy) is 4. The Morgan fingerprint density at radius 1 is 0.774 bits per heavy atom. The van der Waals surface area contributed by atoms with Crippen LogP contribution in [0.2, 0.25) is 0 Å². The summed E-state index contributed by atoms with van der Waals surface area (Å²) in [7, 11) is 5.04. The van der Waals surface area contributed by atoms with Crippen molar-refractivity contribution in [3.63, 3.8) is 0 Å². The van der Waals surface area contributed by atoms with Crippen LogP contribution in [0.3, 0.4) is 0 Å². The van der Waals surface area contributed by atoms with Crippen molar-refractivity contribution in [3.05, 3.63) is 82.9 Å². The molecule has 31 heavy (non-hydrogen) atoms. The molecule has 5 nitrogen and oxygen atoms in total. The molecule has 5 heteroatoms. The number of methoxy groups -OCH3 is 3. The van der Waals surface area contributed by atoms with E-state index in [0.717, 1.165) is 47.9 Å². The van der Waals surface area contributed by atoms with E-state index in [0.29, 0.717) is 6.61 Å². The van der Waals surface area contributed by atoms with E-state index < -0.39 is 0 Å². The van der Waals surface area contributed by atoms with Gasteiger partial charge in [-0.15, -0.1) is 0 Å². The van der Waals surface area contributed by atoms with Crippen LogP contribution in [-0.4, -0.2) is 27.9 Å². The first-order valence-electron chi connectivity index (χ1n) is 10.5. The first kappa shape index (κ1) is 21.1. The van der Waals surface area contributed by atoms with Crippen LogP contribution in [0.1, 0.15) is 28.3 Å². The van der Waals surface area contributed by atoms with E-state index in [2.05, 4.69) is 23.5 Å². The van der Waals surface area contributed by atoms with E-state index in [1.807, 2.05) is 42.5 Å². The molecule has 3 aromatic rings. The maximum absolute atomic E-state index is 6.24. The van der Waals surface area contributed by atoms with Crippen molar-refractivity contribution in [1.82, 2.24) is 5.32 Å². The second-order valence-corrected chi connectivity index (χ2v) is 7.58. The summed E-state index contributed by atoms with van der Waals surface area (Å²) in [5.74, 6) is 3.29. The second kappa shape index (κ2) is 9.75. The Morgan fingerprint density at radius 3 is 2.23 bits per heavy atom. The van der Waals surface area contributed by atoms with Gasteiger partial charge in [0.15, 0.2) is 11.5 Å². The van der Waals surface area contributed by atoms with Gasteiger partial charge in [0.05, 0.1) is 21.3 Å². The molecular weight excluding hydrogens is 390 g/mol. The largest absolute Gasteiger partial charge is 0.496 e. The van der Waals surface area contributed by atoms with Crippen LogP contribution in [0.5, 0.6) is 23.0 Å². The molecule has 1 N–H and O–H groups in total. The molecule has 0 amide bonds. The van der Waals surface area contributed by atoms with Gasteiger partial charge in [-0.3, -0.25) is 0 Å². The van der Waals surface area contributed by atoms with Crippen LogP contribution in [-0.2, 0) is 19.4 Å². The molecule has 1 unspecified atom stereocenters. The highest BCUT2D eigenvalue weighted by atomic mass is 16.5. The third-order valence-corrected chi connectivity index (χ3v) is 5.73. The highest BCUT2D eigenvalue weighted by molar-refractivity contribution is 5.53. The average Bonchev–Trinajstić information content (AvgIpc) is 2.83. The van der Waals surface area contributed by atoms with Crippen LogP contribution >= 0.6 is 0 Å².